The molecule has 184 valence electrons. The van der Waals surface area contributed by atoms with Crippen LogP contribution in [0.25, 0.3) is 5.57 Å². The highest BCUT2D eigenvalue weighted by Crippen LogP contribution is 2.37. The molecule has 0 aliphatic carbocycles. The third-order valence-electron chi connectivity index (χ3n) is 5.73. The van der Waals surface area contributed by atoms with E-state index >= 15 is 0 Å². The van der Waals surface area contributed by atoms with Crippen molar-refractivity contribution in [1.82, 2.24) is 9.80 Å². The third kappa shape index (κ3) is 7.26. The van der Waals surface area contributed by atoms with E-state index in [-0.39, 0.29) is 5.56 Å². The fraction of sp³-hybridized carbons (Fsp3) is 0.269. The second-order valence-electron chi connectivity index (χ2n) is 8.19. The average molecular weight is 481 g/mol. The summed E-state index contributed by atoms with van der Waals surface area (Å²) in [6.07, 6.45) is 3.34. The highest BCUT2D eigenvalue weighted by Gasteiger charge is 2.21. The zero-order chi connectivity index (χ0) is 25.4. The van der Waals surface area contributed by atoms with E-state index in [4.69, 9.17) is 14.9 Å². The summed E-state index contributed by atoms with van der Waals surface area (Å²) in [5.74, 6) is -2.70. The first-order valence-corrected chi connectivity index (χ1v) is 11.1. The molecule has 0 bridgehead atoms. The number of aliphatic carboxylic acids is 2. The number of benzene rings is 2. The Bertz CT molecular complexity index is 1130. The molecule has 0 radical (unpaired) electrons. The first-order valence-electron chi connectivity index (χ1n) is 11.1. The van der Waals surface area contributed by atoms with Crippen molar-refractivity contribution in [2.45, 2.75) is 6.61 Å². The lowest BCUT2D eigenvalue weighted by molar-refractivity contribution is -0.134. The van der Waals surface area contributed by atoms with Crippen molar-refractivity contribution >= 4 is 23.5 Å². The van der Waals surface area contributed by atoms with Crippen LogP contribution in [0, 0.1) is 0 Å². The van der Waals surface area contributed by atoms with Gasteiger partial charge in [-0.1, -0.05) is 30.3 Å². The van der Waals surface area contributed by atoms with Gasteiger partial charge in [0, 0.05) is 50.4 Å². The maximum absolute atomic E-state index is 11.5. The van der Waals surface area contributed by atoms with Crippen molar-refractivity contribution in [2.75, 3.05) is 39.8 Å². The Hall–Kier alpha value is -3.95. The Morgan fingerprint density at radius 3 is 2.20 bits per heavy atom. The molecule has 9 heteroatoms. The molecule has 0 saturated carbocycles. The van der Waals surface area contributed by atoms with Gasteiger partial charge >= 0.3 is 17.9 Å². The molecule has 35 heavy (non-hydrogen) atoms. The predicted octanol–water partition coefficient (Wildman–Crippen LogP) is 2.67. The number of hydrogen-bond acceptors (Lipinski definition) is 6. The lowest BCUT2D eigenvalue weighted by Crippen LogP contribution is -2.44. The lowest BCUT2D eigenvalue weighted by atomic mass is 9.93. The topological polar surface area (TPSA) is 128 Å². The number of carboxylic acids is 3. The molecule has 2 aliphatic heterocycles. The monoisotopic (exact) mass is 480 g/mol. The Morgan fingerprint density at radius 2 is 1.57 bits per heavy atom. The first kappa shape index (κ1) is 25.7. The number of piperazine rings is 1. The van der Waals surface area contributed by atoms with E-state index in [1.807, 2.05) is 12.1 Å². The van der Waals surface area contributed by atoms with Crippen molar-refractivity contribution in [3.63, 3.8) is 0 Å². The molecule has 1 saturated heterocycles. The highest BCUT2D eigenvalue weighted by atomic mass is 16.5. The first-order chi connectivity index (χ1) is 16.7. The average Bonchev–Trinajstić information content (AvgIpc) is 2.99. The van der Waals surface area contributed by atoms with Gasteiger partial charge in [0.2, 0.25) is 0 Å². The summed E-state index contributed by atoms with van der Waals surface area (Å²) in [5, 5.41) is 25.0. The Kier molecular flexibility index (Phi) is 8.77. The van der Waals surface area contributed by atoms with E-state index in [9.17, 15) is 19.5 Å². The van der Waals surface area contributed by atoms with Crippen molar-refractivity contribution in [1.29, 1.82) is 0 Å². The van der Waals surface area contributed by atoms with Crippen LogP contribution in [-0.2, 0) is 16.2 Å². The number of aromatic carboxylic acids is 1. The third-order valence-corrected chi connectivity index (χ3v) is 5.73. The van der Waals surface area contributed by atoms with Crippen molar-refractivity contribution in [3.8, 4) is 5.75 Å². The minimum atomic E-state index is -1.26. The van der Waals surface area contributed by atoms with Crippen LogP contribution in [-0.4, -0.2) is 82.8 Å². The number of fused-ring (bicyclic) bond motifs is 2. The van der Waals surface area contributed by atoms with Gasteiger partial charge < -0.3 is 25.0 Å². The van der Waals surface area contributed by atoms with E-state index < -0.39 is 17.9 Å². The van der Waals surface area contributed by atoms with E-state index in [1.165, 1.54) is 0 Å². The van der Waals surface area contributed by atoms with Crippen LogP contribution in [0.5, 0.6) is 5.75 Å². The molecular formula is C26H28N2O7. The largest absolute Gasteiger partial charge is 0.488 e. The lowest BCUT2D eigenvalue weighted by Gasteiger charge is -2.31. The van der Waals surface area contributed by atoms with Crippen LogP contribution >= 0.6 is 0 Å². The van der Waals surface area contributed by atoms with Crippen LogP contribution in [0.4, 0.5) is 0 Å². The number of ether oxygens (including phenoxy) is 1. The highest BCUT2D eigenvalue weighted by molar-refractivity contribution is 5.92. The van der Waals surface area contributed by atoms with Crippen LogP contribution in [0.3, 0.4) is 0 Å². The van der Waals surface area contributed by atoms with E-state index in [0.29, 0.717) is 18.8 Å². The molecule has 2 aromatic rings. The van der Waals surface area contributed by atoms with Crippen molar-refractivity contribution in [3.05, 3.63) is 82.9 Å². The van der Waals surface area contributed by atoms with Gasteiger partial charge in [0.15, 0.2) is 0 Å². The molecule has 2 aromatic carbocycles. The summed E-state index contributed by atoms with van der Waals surface area (Å²) in [5.41, 5.74) is 4.43. The molecule has 1 fully saturated rings. The Balaban J connectivity index is 0.000000371. The normalized spacial score (nSPS) is 16.9. The quantitative estimate of drug-likeness (QED) is 0.554. The van der Waals surface area contributed by atoms with Crippen LogP contribution in [0.15, 0.2) is 60.7 Å². The summed E-state index contributed by atoms with van der Waals surface area (Å²) >= 11 is 0. The number of carbonyl (C=O) groups is 3. The molecule has 2 heterocycles. The predicted molar refractivity (Wildman–Crippen MR) is 130 cm³/mol. The van der Waals surface area contributed by atoms with Gasteiger partial charge in [-0.2, -0.15) is 0 Å². The summed E-state index contributed by atoms with van der Waals surface area (Å²) < 4.78 is 5.99. The summed E-state index contributed by atoms with van der Waals surface area (Å²) in [6.45, 7) is 5.56. The molecule has 0 aromatic heterocycles. The molecule has 0 atom stereocenters. The Morgan fingerprint density at radius 1 is 0.914 bits per heavy atom. The Labute approximate surface area is 203 Å². The van der Waals surface area contributed by atoms with Gasteiger partial charge in [-0.05, 0) is 41.9 Å². The molecule has 4 rings (SSSR count). The van der Waals surface area contributed by atoms with Crippen molar-refractivity contribution < 1.29 is 34.4 Å². The number of rotatable bonds is 5. The van der Waals surface area contributed by atoms with E-state index in [1.54, 1.807) is 18.2 Å². The molecule has 3 N–H and O–H groups in total. The van der Waals surface area contributed by atoms with Gasteiger partial charge in [0.1, 0.15) is 12.4 Å². The van der Waals surface area contributed by atoms with Gasteiger partial charge in [-0.15, -0.1) is 0 Å². The zero-order valence-corrected chi connectivity index (χ0v) is 19.4. The number of carboxylic acid groups (broad SMARTS) is 3. The van der Waals surface area contributed by atoms with E-state index in [0.717, 1.165) is 60.7 Å². The van der Waals surface area contributed by atoms with Crippen LogP contribution in [0.1, 0.15) is 27.0 Å². The van der Waals surface area contributed by atoms with Crippen LogP contribution < -0.4 is 4.74 Å². The standard InChI is InChI=1S/C22H24N2O3.C4H4O4/c1-23-10-12-24(13-11-23)9-8-19-18-5-3-2-4-17(18)15-27-21-7-6-16(22(25)26)14-20(19)21;5-3(6)1-2-4(7)8/h2-8,14H,9-13,15H2,1H3,(H,25,26);1-2H,(H,5,6)(H,7,8)/b19-8+;2-1+. The number of nitrogens with zero attached hydrogens (tertiary/aromatic N) is 2. The molecule has 0 unspecified atom stereocenters. The molecule has 9 nitrogen and oxygen atoms in total. The maximum atomic E-state index is 11.5. The van der Waals surface area contributed by atoms with Gasteiger partial charge in [0.25, 0.3) is 0 Å². The molecule has 2 aliphatic rings. The molecular weight excluding hydrogens is 452 g/mol. The van der Waals surface area contributed by atoms with Gasteiger partial charge in [-0.3, -0.25) is 4.90 Å². The fourth-order valence-electron chi connectivity index (χ4n) is 3.82. The molecule has 0 amide bonds. The molecule has 0 spiro atoms. The van der Waals surface area contributed by atoms with E-state index in [2.05, 4.69) is 35.1 Å². The number of hydrogen-bond donors (Lipinski definition) is 3. The van der Waals surface area contributed by atoms with Crippen molar-refractivity contribution in [2.24, 2.45) is 0 Å². The maximum Gasteiger partial charge on any atom is 0.335 e. The van der Waals surface area contributed by atoms with Crippen LogP contribution in [0.2, 0.25) is 0 Å². The zero-order valence-electron chi connectivity index (χ0n) is 19.4. The second kappa shape index (κ2) is 12.0. The summed E-state index contributed by atoms with van der Waals surface area (Å²) in [7, 11) is 2.15. The summed E-state index contributed by atoms with van der Waals surface area (Å²) in [6, 6.07) is 13.3. The summed E-state index contributed by atoms with van der Waals surface area (Å²) in [4.78, 5) is 35.4. The second-order valence-corrected chi connectivity index (χ2v) is 8.19. The minimum absolute atomic E-state index is 0.280. The fourth-order valence-corrected chi connectivity index (χ4v) is 3.82. The smallest absolute Gasteiger partial charge is 0.335 e. The van der Waals surface area contributed by atoms with Gasteiger partial charge in [-0.25, -0.2) is 14.4 Å². The number of likely N-dealkylation sites (N-methyl/N-ethyl adjacent to an activating group) is 1. The van der Waals surface area contributed by atoms with Gasteiger partial charge in [0.05, 0.1) is 5.56 Å². The minimum Gasteiger partial charge on any atom is -0.488 e. The SMILES string of the molecule is CN1CCN(C/C=C2\c3ccccc3COc3ccc(C(=O)O)cc32)CC1.O=C(O)/C=C/C(=O)O.